The van der Waals surface area contributed by atoms with Crippen LogP contribution in [0.1, 0.15) is 29.3 Å². The summed E-state index contributed by atoms with van der Waals surface area (Å²) in [6.45, 7) is -0.906. The maximum absolute atomic E-state index is 13.0. The molecule has 1 aliphatic carbocycles. The first kappa shape index (κ1) is 31.7. The van der Waals surface area contributed by atoms with Crippen molar-refractivity contribution >= 4 is 29.8 Å². The van der Waals surface area contributed by atoms with Gasteiger partial charge in [0.15, 0.2) is 6.61 Å². The minimum atomic E-state index is -4.64. The minimum Gasteiger partial charge on any atom is -0.456 e. The van der Waals surface area contributed by atoms with Crippen LogP contribution in [0.5, 0.6) is 0 Å². The number of aliphatic hydroxyl groups excluding tert-OH is 2. The molecule has 15 heteroatoms. The summed E-state index contributed by atoms with van der Waals surface area (Å²) in [5.74, 6) is -3.35. The first-order chi connectivity index (χ1) is 19.4. The van der Waals surface area contributed by atoms with E-state index in [0.717, 1.165) is 6.08 Å². The lowest BCUT2D eigenvalue weighted by molar-refractivity contribution is -0.182. The number of hydrogen-bond acceptors (Lipinski definition) is 10. The molecule has 1 aromatic carbocycles. The third kappa shape index (κ3) is 9.38. The predicted molar refractivity (Wildman–Crippen MR) is 133 cm³/mol. The summed E-state index contributed by atoms with van der Waals surface area (Å²) in [5.41, 5.74) is 0.633. The molecule has 224 valence electrons. The lowest BCUT2D eigenvalue weighted by Crippen LogP contribution is -2.54. The van der Waals surface area contributed by atoms with Gasteiger partial charge in [0.1, 0.15) is 31.1 Å². The van der Waals surface area contributed by atoms with Crippen molar-refractivity contribution in [3.63, 3.8) is 0 Å². The van der Waals surface area contributed by atoms with Crippen LogP contribution in [0, 0.1) is 0 Å². The van der Waals surface area contributed by atoms with E-state index in [9.17, 15) is 37.5 Å². The van der Waals surface area contributed by atoms with Crippen LogP contribution in [-0.4, -0.2) is 97.2 Å². The van der Waals surface area contributed by atoms with Gasteiger partial charge in [-0.15, -0.1) is 0 Å². The van der Waals surface area contributed by atoms with Crippen LogP contribution in [0.4, 0.5) is 13.2 Å². The number of halogens is 3. The van der Waals surface area contributed by atoms with Crippen LogP contribution in [-0.2, 0) is 33.3 Å². The van der Waals surface area contributed by atoms with E-state index in [1.165, 1.54) is 43.3 Å². The zero-order valence-corrected chi connectivity index (χ0v) is 21.8. The van der Waals surface area contributed by atoms with E-state index in [1.807, 2.05) is 0 Å². The molecule has 1 fully saturated rings. The molecule has 0 radical (unpaired) electrons. The molecule has 2 amide bonds. The normalized spacial score (nSPS) is 21.8. The molecule has 1 aliphatic heterocycles. The lowest BCUT2D eigenvalue weighted by Gasteiger charge is -2.31. The number of nitrogens with one attached hydrogen (secondary N) is 2. The fourth-order valence-electron chi connectivity index (χ4n) is 3.95. The number of esters is 2. The van der Waals surface area contributed by atoms with Gasteiger partial charge in [-0.25, -0.2) is 9.59 Å². The highest BCUT2D eigenvalue weighted by Crippen LogP contribution is 2.31. The van der Waals surface area contributed by atoms with Gasteiger partial charge in [-0.05, 0) is 36.8 Å². The second-order valence-electron chi connectivity index (χ2n) is 9.10. The van der Waals surface area contributed by atoms with Gasteiger partial charge in [-0.3, -0.25) is 9.59 Å². The summed E-state index contributed by atoms with van der Waals surface area (Å²) in [7, 11) is 0. The highest BCUT2D eigenvalue weighted by atomic mass is 19.4. The molecular formula is C26H29F3N2O10. The fraction of sp³-hybridized carbons (Fsp3) is 0.462. The standard InChI is InChI=1S/C26H29F3N2O10/c1-14(33)21(24(36)30-8-9-32)31-23(35)17-10-18-22(40-13-39-18)19(11-17)41-25(37)16-5-2-15(3-6-16)4-7-20(34)38-12-26(27,28)29/h2-7,10,14,18-19,21-22,32-33H,8-9,11-13H2,1H3,(H,30,36)(H,31,35)/t14-,18+,19+,21+,22+/m0/s1. The number of carbonyl (C=O) groups excluding carboxylic acids is 4. The summed E-state index contributed by atoms with van der Waals surface area (Å²) in [6, 6.07) is 4.29. The zero-order valence-electron chi connectivity index (χ0n) is 21.8. The Morgan fingerprint density at radius 2 is 1.88 bits per heavy atom. The molecule has 41 heavy (non-hydrogen) atoms. The summed E-state index contributed by atoms with van der Waals surface area (Å²) in [6.07, 6.45) is -4.84. The third-order valence-corrected chi connectivity index (χ3v) is 5.95. The Kier molecular flexibility index (Phi) is 11.0. The predicted octanol–water partition coefficient (Wildman–Crippen LogP) is 0.376. The van der Waals surface area contributed by atoms with Crippen molar-refractivity contribution in [3.8, 4) is 0 Å². The Morgan fingerprint density at radius 3 is 2.51 bits per heavy atom. The second-order valence-corrected chi connectivity index (χ2v) is 9.10. The van der Waals surface area contributed by atoms with Gasteiger partial charge in [0, 0.05) is 24.6 Å². The number of aliphatic hydroxyl groups is 2. The van der Waals surface area contributed by atoms with Crippen LogP contribution >= 0.6 is 0 Å². The van der Waals surface area contributed by atoms with E-state index in [-0.39, 0.29) is 37.5 Å². The van der Waals surface area contributed by atoms with E-state index >= 15 is 0 Å². The number of rotatable bonds is 11. The third-order valence-electron chi connectivity index (χ3n) is 5.95. The van der Waals surface area contributed by atoms with E-state index < -0.39 is 67.0 Å². The van der Waals surface area contributed by atoms with Crippen LogP contribution in [0.2, 0.25) is 0 Å². The van der Waals surface area contributed by atoms with E-state index in [0.29, 0.717) is 5.56 Å². The van der Waals surface area contributed by atoms with Gasteiger partial charge < -0.3 is 39.8 Å². The van der Waals surface area contributed by atoms with E-state index in [2.05, 4.69) is 15.4 Å². The Bertz CT molecular complexity index is 1170. The topological polar surface area (TPSA) is 170 Å². The zero-order chi connectivity index (χ0) is 30.2. The monoisotopic (exact) mass is 586 g/mol. The minimum absolute atomic E-state index is 0.0701. The average molecular weight is 587 g/mol. The SMILES string of the molecule is C[C@H](O)[C@@H](NC(=O)C1=C[C@H]2OCO[C@H]2[C@H](OC(=O)c2ccc(C=CC(=O)OCC(F)(F)F)cc2)C1)C(=O)NCCO. The number of amides is 2. The quantitative estimate of drug-likeness (QED) is 0.210. The van der Waals surface area contributed by atoms with Crippen molar-refractivity contribution in [1.82, 2.24) is 10.6 Å². The molecular weight excluding hydrogens is 557 g/mol. The Morgan fingerprint density at radius 1 is 1.17 bits per heavy atom. The molecule has 1 heterocycles. The average Bonchev–Trinajstić information content (AvgIpc) is 3.41. The Hall–Kier alpha value is -3.79. The molecule has 1 aromatic rings. The summed E-state index contributed by atoms with van der Waals surface area (Å²) in [4.78, 5) is 49.5. The van der Waals surface area contributed by atoms with Crippen molar-refractivity contribution in [3.05, 3.63) is 53.1 Å². The van der Waals surface area contributed by atoms with Crippen molar-refractivity contribution in [1.29, 1.82) is 0 Å². The van der Waals surface area contributed by atoms with Crippen LogP contribution in [0.3, 0.4) is 0 Å². The molecule has 4 N–H and O–H groups in total. The number of fused-ring (bicyclic) bond motifs is 1. The van der Waals surface area contributed by atoms with Gasteiger partial charge in [-0.1, -0.05) is 12.1 Å². The fourth-order valence-corrected chi connectivity index (χ4v) is 3.95. The molecule has 0 saturated carbocycles. The summed E-state index contributed by atoms with van der Waals surface area (Å²) < 4.78 is 57.1. The van der Waals surface area contributed by atoms with E-state index in [4.69, 9.17) is 19.3 Å². The van der Waals surface area contributed by atoms with Gasteiger partial charge in [0.05, 0.1) is 18.3 Å². The molecule has 0 spiro atoms. The molecule has 3 rings (SSSR count). The van der Waals surface area contributed by atoms with Gasteiger partial charge >= 0.3 is 18.1 Å². The highest BCUT2D eigenvalue weighted by molar-refractivity contribution is 5.97. The number of hydrogen-bond donors (Lipinski definition) is 4. The lowest BCUT2D eigenvalue weighted by atomic mass is 9.91. The number of ether oxygens (including phenoxy) is 4. The molecule has 2 aliphatic rings. The van der Waals surface area contributed by atoms with Crippen molar-refractivity contribution in [2.24, 2.45) is 0 Å². The first-order valence-corrected chi connectivity index (χ1v) is 12.4. The summed E-state index contributed by atoms with van der Waals surface area (Å²) >= 11 is 0. The number of alkyl halides is 3. The Labute approximate surface area is 232 Å². The van der Waals surface area contributed by atoms with Crippen LogP contribution < -0.4 is 10.6 Å². The van der Waals surface area contributed by atoms with Crippen LogP contribution in [0.25, 0.3) is 6.08 Å². The molecule has 5 atom stereocenters. The molecule has 1 saturated heterocycles. The van der Waals surface area contributed by atoms with Gasteiger partial charge in [-0.2, -0.15) is 13.2 Å². The molecule has 0 aromatic heterocycles. The summed E-state index contributed by atoms with van der Waals surface area (Å²) in [5, 5.41) is 23.7. The number of benzene rings is 1. The highest BCUT2D eigenvalue weighted by Gasteiger charge is 2.43. The largest absolute Gasteiger partial charge is 0.456 e. The molecule has 12 nitrogen and oxygen atoms in total. The number of carbonyl (C=O) groups is 4. The van der Waals surface area contributed by atoms with Gasteiger partial charge in [0.25, 0.3) is 0 Å². The van der Waals surface area contributed by atoms with E-state index in [1.54, 1.807) is 0 Å². The second kappa shape index (κ2) is 14.2. The maximum atomic E-state index is 13.0. The van der Waals surface area contributed by atoms with Crippen molar-refractivity contribution in [2.75, 3.05) is 26.6 Å². The smallest absolute Gasteiger partial charge is 0.422 e. The van der Waals surface area contributed by atoms with Crippen molar-refractivity contribution < 1.29 is 61.5 Å². The van der Waals surface area contributed by atoms with Crippen molar-refractivity contribution in [2.45, 2.75) is 50.0 Å². The molecule has 0 bridgehead atoms. The van der Waals surface area contributed by atoms with Crippen LogP contribution in [0.15, 0.2) is 42.0 Å². The Balaban J connectivity index is 1.63. The van der Waals surface area contributed by atoms with Gasteiger partial charge in [0.2, 0.25) is 11.8 Å². The first-order valence-electron chi connectivity index (χ1n) is 12.4. The molecule has 0 unspecified atom stereocenters. The maximum Gasteiger partial charge on any atom is 0.422 e.